The summed E-state index contributed by atoms with van der Waals surface area (Å²) in [6.45, 7) is 1.79. The minimum absolute atomic E-state index is 0.124. The summed E-state index contributed by atoms with van der Waals surface area (Å²) >= 11 is 5.96. The van der Waals surface area contributed by atoms with Crippen molar-refractivity contribution in [3.8, 4) is 5.75 Å². The van der Waals surface area contributed by atoms with Crippen LogP contribution >= 0.6 is 11.6 Å². The third-order valence-corrected chi connectivity index (χ3v) is 6.63. The van der Waals surface area contributed by atoms with E-state index in [4.69, 9.17) is 16.3 Å². The number of methoxy groups -OCH3 is 1. The Balaban J connectivity index is 1.90. The first-order chi connectivity index (χ1) is 14.2. The maximum Gasteiger partial charge on any atom is 0.264 e. The molecule has 0 radical (unpaired) electrons. The number of amides is 1. The van der Waals surface area contributed by atoms with Gasteiger partial charge in [0.25, 0.3) is 15.9 Å². The Morgan fingerprint density at radius 3 is 2.37 bits per heavy atom. The average Bonchev–Trinajstić information content (AvgIpc) is 2.73. The molecule has 0 saturated carbocycles. The number of ether oxygens (including phenoxy) is 1. The number of nitrogens with one attached hydrogen (secondary N) is 1. The molecular weight excluding hydrogens is 424 g/mol. The third-order valence-electron chi connectivity index (χ3n) is 4.61. The van der Waals surface area contributed by atoms with E-state index in [9.17, 15) is 13.2 Å². The van der Waals surface area contributed by atoms with Gasteiger partial charge >= 0.3 is 0 Å². The lowest BCUT2D eigenvalue weighted by Crippen LogP contribution is -2.27. The Morgan fingerprint density at radius 2 is 1.73 bits per heavy atom. The van der Waals surface area contributed by atoms with Crippen LogP contribution in [0.3, 0.4) is 0 Å². The minimum Gasteiger partial charge on any atom is -0.497 e. The van der Waals surface area contributed by atoms with E-state index in [0.29, 0.717) is 33.3 Å². The molecule has 0 saturated heterocycles. The van der Waals surface area contributed by atoms with E-state index < -0.39 is 10.0 Å². The molecule has 3 aromatic carbocycles. The molecule has 1 N–H and O–H groups in total. The second kappa shape index (κ2) is 8.77. The summed E-state index contributed by atoms with van der Waals surface area (Å²) in [5.74, 6) is 0.196. The second-order valence-corrected chi connectivity index (χ2v) is 9.02. The van der Waals surface area contributed by atoms with Crippen LogP contribution < -0.4 is 14.4 Å². The van der Waals surface area contributed by atoms with Gasteiger partial charge in [-0.05, 0) is 67.1 Å². The van der Waals surface area contributed by atoms with Gasteiger partial charge in [0.1, 0.15) is 5.75 Å². The molecule has 3 rings (SSSR count). The Bertz CT molecular complexity index is 1180. The monoisotopic (exact) mass is 444 g/mol. The third kappa shape index (κ3) is 4.58. The van der Waals surface area contributed by atoms with Gasteiger partial charge < -0.3 is 10.1 Å². The van der Waals surface area contributed by atoms with Gasteiger partial charge in [0.15, 0.2) is 0 Å². The maximum absolute atomic E-state index is 13.1. The van der Waals surface area contributed by atoms with Crippen molar-refractivity contribution in [2.45, 2.75) is 11.8 Å². The zero-order valence-electron chi connectivity index (χ0n) is 16.7. The van der Waals surface area contributed by atoms with E-state index in [-0.39, 0.29) is 10.8 Å². The first-order valence-corrected chi connectivity index (χ1v) is 10.8. The Kier molecular flexibility index (Phi) is 6.34. The van der Waals surface area contributed by atoms with Gasteiger partial charge in [-0.2, -0.15) is 0 Å². The number of hydrogen-bond donors (Lipinski definition) is 1. The van der Waals surface area contributed by atoms with Crippen LogP contribution in [0.4, 0.5) is 11.4 Å². The van der Waals surface area contributed by atoms with E-state index in [0.717, 1.165) is 0 Å². The van der Waals surface area contributed by atoms with Crippen molar-refractivity contribution in [3.63, 3.8) is 0 Å². The van der Waals surface area contributed by atoms with Crippen LogP contribution in [0.25, 0.3) is 0 Å². The van der Waals surface area contributed by atoms with Crippen LogP contribution in [-0.4, -0.2) is 28.5 Å². The van der Waals surface area contributed by atoms with Gasteiger partial charge in [-0.3, -0.25) is 9.10 Å². The van der Waals surface area contributed by atoms with Gasteiger partial charge in [-0.25, -0.2) is 8.42 Å². The quantitative estimate of drug-likeness (QED) is 0.596. The molecule has 0 unspecified atom stereocenters. The number of rotatable bonds is 6. The summed E-state index contributed by atoms with van der Waals surface area (Å²) in [5.41, 5.74) is 2.00. The van der Waals surface area contributed by atoms with Crippen molar-refractivity contribution in [1.82, 2.24) is 0 Å². The van der Waals surface area contributed by atoms with Gasteiger partial charge in [0.05, 0.1) is 17.7 Å². The molecule has 0 aliphatic rings. The van der Waals surface area contributed by atoms with Crippen LogP contribution in [0.1, 0.15) is 15.9 Å². The number of halogens is 1. The normalized spacial score (nSPS) is 11.1. The van der Waals surface area contributed by atoms with Crippen LogP contribution in [0.15, 0.2) is 71.6 Å². The Labute approximate surface area is 181 Å². The second-order valence-electron chi connectivity index (χ2n) is 6.61. The molecule has 0 aromatic heterocycles. The molecule has 0 aliphatic heterocycles. The van der Waals surface area contributed by atoms with Crippen LogP contribution in [0.2, 0.25) is 5.02 Å². The summed E-state index contributed by atoms with van der Waals surface area (Å²) in [4.78, 5) is 12.8. The van der Waals surface area contributed by atoms with E-state index in [1.54, 1.807) is 61.5 Å². The number of sulfonamides is 1. The SMILES string of the molecule is COc1ccc(S(=O)(=O)N(C)c2cc(C(=O)Nc3cccc(Cl)c3)ccc2C)cc1. The number of anilines is 2. The number of nitrogens with zero attached hydrogens (tertiary/aromatic N) is 1. The maximum atomic E-state index is 13.1. The predicted octanol–water partition coefficient (Wildman–Crippen LogP) is 4.73. The van der Waals surface area contributed by atoms with E-state index in [2.05, 4.69) is 5.32 Å². The first kappa shape index (κ1) is 21.7. The molecule has 0 spiro atoms. The number of carbonyl (C=O) groups excluding carboxylic acids is 1. The highest BCUT2D eigenvalue weighted by molar-refractivity contribution is 7.92. The lowest BCUT2D eigenvalue weighted by Gasteiger charge is -2.22. The smallest absolute Gasteiger partial charge is 0.264 e. The summed E-state index contributed by atoms with van der Waals surface area (Å²) in [6, 6.07) is 17.8. The van der Waals surface area contributed by atoms with Crippen LogP contribution in [-0.2, 0) is 10.0 Å². The average molecular weight is 445 g/mol. The van der Waals surface area contributed by atoms with Crippen molar-refractivity contribution in [1.29, 1.82) is 0 Å². The predicted molar refractivity (Wildman–Crippen MR) is 119 cm³/mol. The summed E-state index contributed by atoms with van der Waals surface area (Å²) in [7, 11) is -0.846. The molecule has 0 fully saturated rings. The van der Waals surface area contributed by atoms with E-state index in [1.807, 2.05) is 0 Å². The Morgan fingerprint density at radius 1 is 1.03 bits per heavy atom. The standard InChI is InChI=1S/C22H21ClN2O4S/c1-15-7-8-16(22(26)24-18-6-4-5-17(23)14-18)13-21(15)25(2)30(27,28)20-11-9-19(29-3)10-12-20/h4-14H,1-3H3,(H,24,26). The van der Waals surface area contributed by atoms with Crippen molar-refractivity contribution in [2.24, 2.45) is 0 Å². The molecular formula is C22H21ClN2O4S. The highest BCUT2D eigenvalue weighted by Crippen LogP contribution is 2.28. The van der Waals surface area contributed by atoms with Gasteiger partial charge in [-0.1, -0.05) is 23.7 Å². The lowest BCUT2D eigenvalue weighted by atomic mass is 10.1. The fraction of sp³-hybridized carbons (Fsp3) is 0.136. The van der Waals surface area contributed by atoms with Crippen molar-refractivity contribution in [2.75, 3.05) is 23.8 Å². The Hall–Kier alpha value is -3.03. The summed E-state index contributed by atoms with van der Waals surface area (Å²) in [6.07, 6.45) is 0. The van der Waals surface area contributed by atoms with Crippen LogP contribution in [0.5, 0.6) is 5.75 Å². The van der Waals surface area contributed by atoms with Gasteiger partial charge in [0, 0.05) is 23.3 Å². The molecule has 0 heterocycles. The van der Waals surface area contributed by atoms with Crippen molar-refractivity contribution in [3.05, 3.63) is 82.9 Å². The fourth-order valence-electron chi connectivity index (χ4n) is 2.89. The van der Waals surface area contributed by atoms with Gasteiger partial charge in [-0.15, -0.1) is 0 Å². The number of aryl methyl sites for hydroxylation is 1. The number of benzene rings is 3. The van der Waals surface area contributed by atoms with E-state index >= 15 is 0 Å². The summed E-state index contributed by atoms with van der Waals surface area (Å²) < 4.78 is 32.4. The fourth-order valence-corrected chi connectivity index (χ4v) is 4.34. The summed E-state index contributed by atoms with van der Waals surface area (Å²) in [5, 5.41) is 3.27. The molecule has 0 aliphatic carbocycles. The molecule has 1 amide bonds. The van der Waals surface area contributed by atoms with Crippen LogP contribution in [0, 0.1) is 6.92 Å². The van der Waals surface area contributed by atoms with Gasteiger partial charge in [0.2, 0.25) is 0 Å². The molecule has 30 heavy (non-hydrogen) atoms. The molecule has 6 nitrogen and oxygen atoms in total. The highest BCUT2D eigenvalue weighted by Gasteiger charge is 2.23. The van der Waals surface area contributed by atoms with Crippen molar-refractivity contribution < 1.29 is 17.9 Å². The van der Waals surface area contributed by atoms with Crippen molar-refractivity contribution >= 4 is 38.9 Å². The highest BCUT2D eigenvalue weighted by atomic mass is 35.5. The zero-order valence-corrected chi connectivity index (χ0v) is 18.3. The number of carbonyl (C=O) groups is 1. The lowest BCUT2D eigenvalue weighted by molar-refractivity contribution is 0.102. The molecule has 156 valence electrons. The zero-order chi connectivity index (χ0) is 21.9. The molecule has 0 atom stereocenters. The van der Waals surface area contributed by atoms with E-state index in [1.165, 1.54) is 30.6 Å². The first-order valence-electron chi connectivity index (χ1n) is 9.03. The topological polar surface area (TPSA) is 75.7 Å². The number of hydrogen-bond acceptors (Lipinski definition) is 4. The molecule has 3 aromatic rings. The minimum atomic E-state index is -3.82. The largest absolute Gasteiger partial charge is 0.497 e. The molecule has 8 heteroatoms. The molecule has 0 bridgehead atoms.